The molecule has 1 aromatic carbocycles. The first-order chi connectivity index (χ1) is 10.4. The van der Waals surface area contributed by atoms with Crippen LogP contribution < -0.4 is 5.32 Å². The molecule has 1 N–H and O–H groups in total. The standard InChI is InChI=1S/C18H25NO3/c1-18(2,3)15-8-6-14(7-9-15)16(20)17(21)19-10-11-22-12-13-4-5-13/h6-9,13H,4-5,10-12H2,1-3H3,(H,19,21). The van der Waals surface area contributed by atoms with Crippen LogP contribution in [-0.4, -0.2) is 31.4 Å². The van der Waals surface area contributed by atoms with E-state index in [2.05, 4.69) is 26.1 Å². The summed E-state index contributed by atoms with van der Waals surface area (Å²) in [5.41, 5.74) is 1.59. The van der Waals surface area contributed by atoms with Gasteiger partial charge in [0.05, 0.1) is 6.61 Å². The first-order valence-corrected chi connectivity index (χ1v) is 7.89. The van der Waals surface area contributed by atoms with Crippen molar-refractivity contribution >= 4 is 11.7 Å². The number of carbonyl (C=O) groups is 2. The van der Waals surface area contributed by atoms with Gasteiger partial charge in [0, 0.05) is 18.7 Å². The van der Waals surface area contributed by atoms with E-state index in [0.29, 0.717) is 24.6 Å². The van der Waals surface area contributed by atoms with Gasteiger partial charge in [-0.05, 0) is 29.7 Å². The van der Waals surface area contributed by atoms with E-state index in [4.69, 9.17) is 4.74 Å². The molecular weight excluding hydrogens is 278 g/mol. The van der Waals surface area contributed by atoms with E-state index < -0.39 is 11.7 Å². The Kier molecular flexibility index (Phi) is 5.35. The van der Waals surface area contributed by atoms with Gasteiger partial charge in [-0.1, -0.05) is 45.0 Å². The Labute approximate surface area is 132 Å². The average molecular weight is 303 g/mol. The second kappa shape index (κ2) is 7.05. The fraction of sp³-hybridized carbons (Fsp3) is 0.556. The van der Waals surface area contributed by atoms with Crippen LogP contribution in [0.5, 0.6) is 0 Å². The first kappa shape index (κ1) is 16.7. The smallest absolute Gasteiger partial charge is 0.292 e. The monoisotopic (exact) mass is 303 g/mol. The van der Waals surface area contributed by atoms with Gasteiger partial charge in [0.25, 0.3) is 5.91 Å². The minimum Gasteiger partial charge on any atom is -0.379 e. The second-order valence-corrected chi connectivity index (χ2v) is 6.93. The lowest BCUT2D eigenvalue weighted by Gasteiger charge is -2.18. The van der Waals surface area contributed by atoms with Gasteiger partial charge >= 0.3 is 0 Å². The van der Waals surface area contributed by atoms with Crippen LogP contribution in [0.1, 0.15) is 49.5 Å². The summed E-state index contributed by atoms with van der Waals surface area (Å²) < 4.78 is 5.42. The van der Waals surface area contributed by atoms with Crippen molar-refractivity contribution in [1.82, 2.24) is 5.32 Å². The second-order valence-electron chi connectivity index (χ2n) is 6.93. The van der Waals surface area contributed by atoms with Crippen LogP contribution in [0, 0.1) is 5.92 Å². The van der Waals surface area contributed by atoms with Crippen molar-refractivity contribution < 1.29 is 14.3 Å². The van der Waals surface area contributed by atoms with E-state index in [1.165, 1.54) is 12.8 Å². The molecule has 1 fully saturated rings. The zero-order chi connectivity index (χ0) is 16.2. The largest absolute Gasteiger partial charge is 0.379 e. The quantitative estimate of drug-likeness (QED) is 0.479. The van der Waals surface area contributed by atoms with Gasteiger partial charge < -0.3 is 10.1 Å². The number of hydrogen-bond acceptors (Lipinski definition) is 3. The minimum atomic E-state index is -0.571. The van der Waals surface area contributed by atoms with Crippen molar-refractivity contribution in [1.29, 1.82) is 0 Å². The third-order valence-corrected chi connectivity index (χ3v) is 3.80. The van der Waals surface area contributed by atoms with Gasteiger partial charge in [-0.15, -0.1) is 0 Å². The van der Waals surface area contributed by atoms with Crippen molar-refractivity contribution in [2.24, 2.45) is 5.92 Å². The lowest BCUT2D eigenvalue weighted by atomic mass is 9.86. The third-order valence-electron chi connectivity index (χ3n) is 3.80. The van der Waals surface area contributed by atoms with Crippen molar-refractivity contribution in [3.63, 3.8) is 0 Å². The Bertz CT molecular complexity index is 524. The molecule has 1 aliphatic carbocycles. The van der Waals surface area contributed by atoms with Crippen LogP contribution in [0.15, 0.2) is 24.3 Å². The summed E-state index contributed by atoms with van der Waals surface area (Å²) in [7, 11) is 0. The molecule has 1 aliphatic rings. The maximum absolute atomic E-state index is 12.0. The summed E-state index contributed by atoms with van der Waals surface area (Å²) in [6.45, 7) is 7.92. The van der Waals surface area contributed by atoms with E-state index in [1.807, 2.05) is 12.1 Å². The lowest BCUT2D eigenvalue weighted by molar-refractivity contribution is -0.117. The van der Waals surface area contributed by atoms with Gasteiger partial charge in [0.15, 0.2) is 0 Å². The molecule has 4 heteroatoms. The Morgan fingerprint density at radius 3 is 2.36 bits per heavy atom. The number of Topliss-reactive ketones (excluding diaryl/α,β-unsaturated/α-hetero) is 1. The topological polar surface area (TPSA) is 55.4 Å². The molecule has 1 amide bonds. The zero-order valence-electron chi connectivity index (χ0n) is 13.6. The fourth-order valence-corrected chi connectivity index (χ4v) is 2.10. The first-order valence-electron chi connectivity index (χ1n) is 7.89. The Balaban J connectivity index is 1.78. The zero-order valence-corrected chi connectivity index (χ0v) is 13.6. The van der Waals surface area contributed by atoms with Crippen LogP contribution in [0.25, 0.3) is 0 Å². The summed E-state index contributed by atoms with van der Waals surface area (Å²) in [6, 6.07) is 7.23. The van der Waals surface area contributed by atoms with Crippen LogP contribution in [0.4, 0.5) is 0 Å². The maximum Gasteiger partial charge on any atom is 0.292 e. The number of carbonyl (C=O) groups excluding carboxylic acids is 2. The molecule has 1 saturated carbocycles. The fourth-order valence-electron chi connectivity index (χ4n) is 2.10. The normalized spacial score (nSPS) is 14.7. The van der Waals surface area contributed by atoms with Crippen molar-refractivity contribution in [2.75, 3.05) is 19.8 Å². The van der Waals surface area contributed by atoms with Crippen molar-refractivity contribution in [2.45, 2.75) is 39.0 Å². The molecule has 0 heterocycles. The summed E-state index contributed by atoms with van der Waals surface area (Å²) in [5.74, 6) is -0.361. The number of amides is 1. The van der Waals surface area contributed by atoms with Gasteiger partial charge in [-0.25, -0.2) is 0 Å². The molecule has 2 rings (SSSR count). The van der Waals surface area contributed by atoms with Crippen molar-refractivity contribution in [3.05, 3.63) is 35.4 Å². The van der Waals surface area contributed by atoms with Crippen LogP contribution in [0.3, 0.4) is 0 Å². The molecule has 0 saturated heterocycles. The highest BCUT2D eigenvalue weighted by molar-refractivity contribution is 6.42. The molecule has 1 aromatic rings. The van der Waals surface area contributed by atoms with E-state index in [9.17, 15) is 9.59 Å². The summed E-state index contributed by atoms with van der Waals surface area (Å²) >= 11 is 0. The molecular formula is C18H25NO3. The number of ketones is 1. The summed E-state index contributed by atoms with van der Waals surface area (Å²) in [6.07, 6.45) is 2.49. The predicted octanol–water partition coefficient (Wildman–Crippen LogP) is 2.71. The molecule has 0 radical (unpaired) electrons. The molecule has 0 aliphatic heterocycles. The predicted molar refractivity (Wildman–Crippen MR) is 86.0 cm³/mol. The van der Waals surface area contributed by atoms with Gasteiger partial charge in [-0.2, -0.15) is 0 Å². The molecule has 4 nitrogen and oxygen atoms in total. The van der Waals surface area contributed by atoms with E-state index in [1.54, 1.807) is 12.1 Å². The Morgan fingerprint density at radius 2 is 1.82 bits per heavy atom. The number of ether oxygens (including phenoxy) is 1. The molecule has 120 valence electrons. The van der Waals surface area contributed by atoms with Gasteiger partial charge in [0.2, 0.25) is 5.78 Å². The highest BCUT2D eigenvalue weighted by atomic mass is 16.5. The Hall–Kier alpha value is -1.68. The van der Waals surface area contributed by atoms with E-state index in [0.717, 1.165) is 12.2 Å². The van der Waals surface area contributed by atoms with E-state index in [-0.39, 0.29) is 5.41 Å². The number of rotatable bonds is 7. The highest BCUT2D eigenvalue weighted by Crippen LogP contribution is 2.28. The van der Waals surface area contributed by atoms with E-state index >= 15 is 0 Å². The van der Waals surface area contributed by atoms with Crippen molar-refractivity contribution in [3.8, 4) is 0 Å². The maximum atomic E-state index is 12.0. The molecule has 0 aromatic heterocycles. The molecule has 0 unspecified atom stereocenters. The summed E-state index contributed by atoms with van der Waals surface area (Å²) in [5, 5.41) is 2.61. The van der Waals surface area contributed by atoms with Gasteiger partial charge in [0.1, 0.15) is 0 Å². The van der Waals surface area contributed by atoms with Crippen LogP contribution in [-0.2, 0) is 14.9 Å². The Morgan fingerprint density at radius 1 is 1.18 bits per heavy atom. The highest BCUT2D eigenvalue weighted by Gasteiger charge is 2.21. The molecule has 22 heavy (non-hydrogen) atoms. The number of hydrogen-bond donors (Lipinski definition) is 1. The molecule has 0 spiro atoms. The van der Waals surface area contributed by atoms with Crippen LogP contribution >= 0.6 is 0 Å². The third kappa shape index (κ3) is 4.95. The minimum absolute atomic E-state index is 0.0305. The summed E-state index contributed by atoms with van der Waals surface area (Å²) in [4.78, 5) is 23.9. The average Bonchev–Trinajstić information content (AvgIpc) is 3.29. The SMILES string of the molecule is CC(C)(C)c1ccc(C(=O)C(=O)NCCOCC2CC2)cc1. The number of nitrogens with one attached hydrogen (secondary N) is 1. The molecule has 0 atom stereocenters. The van der Waals surface area contributed by atoms with Crippen LogP contribution in [0.2, 0.25) is 0 Å². The van der Waals surface area contributed by atoms with Gasteiger partial charge in [-0.3, -0.25) is 9.59 Å². The lowest BCUT2D eigenvalue weighted by Crippen LogP contribution is -2.33. The molecule has 0 bridgehead atoms. The number of benzene rings is 1.